The van der Waals surface area contributed by atoms with E-state index in [-0.39, 0.29) is 11.4 Å². The minimum Gasteiger partial charge on any atom is -0.366 e. The first kappa shape index (κ1) is 12.2. The van der Waals surface area contributed by atoms with Gasteiger partial charge >= 0.3 is 6.18 Å². The van der Waals surface area contributed by atoms with Gasteiger partial charge in [-0.05, 0) is 12.1 Å². The monoisotopic (exact) mass is 259 g/mol. The van der Waals surface area contributed by atoms with Gasteiger partial charge < -0.3 is 15.9 Å². The van der Waals surface area contributed by atoms with Crippen molar-refractivity contribution in [1.82, 2.24) is 5.32 Å². The lowest BCUT2D eigenvalue weighted by molar-refractivity contribution is -0.218. The van der Waals surface area contributed by atoms with Gasteiger partial charge in [0.15, 0.2) is 5.84 Å². The van der Waals surface area contributed by atoms with Crippen LogP contribution in [0, 0.1) is 0 Å². The van der Waals surface area contributed by atoms with Crippen LogP contribution >= 0.6 is 0 Å². The second-order valence-corrected chi connectivity index (χ2v) is 3.55. The van der Waals surface area contributed by atoms with Gasteiger partial charge in [0.25, 0.3) is 6.23 Å². The van der Waals surface area contributed by atoms with Crippen molar-refractivity contribution < 1.29 is 22.8 Å². The Hall–Kier alpha value is -2.25. The Morgan fingerprint density at radius 3 is 2.39 bits per heavy atom. The van der Waals surface area contributed by atoms with E-state index >= 15 is 0 Å². The standard InChI is InChI=1S/C10H8F3N3O2/c11-10(12,13)9-15-8(16-18-9)6-3-1-5(2-4-6)7(14)17/h1-4,9H,(H2,14,17)(H,15,16). The molecule has 1 aliphatic rings. The first-order valence-electron chi connectivity index (χ1n) is 4.85. The quantitative estimate of drug-likeness (QED) is 0.830. The lowest BCUT2D eigenvalue weighted by atomic mass is 10.1. The number of amidine groups is 1. The molecule has 1 atom stereocenters. The average Bonchev–Trinajstić information content (AvgIpc) is 2.78. The first-order chi connectivity index (χ1) is 8.38. The number of oxime groups is 1. The Labute approximate surface area is 99.4 Å². The van der Waals surface area contributed by atoms with Gasteiger partial charge in [0.2, 0.25) is 5.91 Å². The summed E-state index contributed by atoms with van der Waals surface area (Å²) in [5.41, 5.74) is 5.66. The molecule has 18 heavy (non-hydrogen) atoms. The number of halogens is 3. The van der Waals surface area contributed by atoms with Gasteiger partial charge in [0.05, 0.1) is 0 Å². The van der Waals surface area contributed by atoms with Crippen LogP contribution in [0.3, 0.4) is 0 Å². The maximum absolute atomic E-state index is 12.3. The van der Waals surface area contributed by atoms with E-state index < -0.39 is 18.3 Å². The summed E-state index contributed by atoms with van der Waals surface area (Å²) >= 11 is 0. The minimum absolute atomic E-state index is 0.0478. The number of hydrogen-bond donors (Lipinski definition) is 2. The van der Waals surface area contributed by atoms with Crippen LogP contribution in [0.1, 0.15) is 15.9 Å². The zero-order valence-corrected chi connectivity index (χ0v) is 8.86. The molecule has 8 heteroatoms. The third-order valence-corrected chi connectivity index (χ3v) is 2.26. The molecule has 1 aliphatic heterocycles. The van der Waals surface area contributed by atoms with Gasteiger partial charge in [0, 0.05) is 11.1 Å². The maximum atomic E-state index is 12.3. The van der Waals surface area contributed by atoms with Crippen molar-refractivity contribution >= 4 is 11.7 Å². The normalized spacial score (nSPS) is 18.8. The van der Waals surface area contributed by atoms with E-state index in [1.165, 1.54) is 24.3 Å². The summed E-state index contributed by atoms with van der Waals surface area (Å²) in [6.07, 6.45) is -6.69. The molecule has 1 amide bonds. The van der Waals surface area contributed by atoms with E-state index in [4.69, 9.17) is 5.73 Å². The number of carbonyl (C=O) groups is 1. The van der Waals surface area contributed by atoms with Crippen LogP contribution in [0.15, 0.2) is 29.4 Å². The van der Waals surface area contributed by atoms with Crippen molar-refractivity contribution in [2.75, 3.05) is 0 Å². The van der Waals surface area contributed by atoms with E-state index in [1.807, 2.05) is 0 Å². The maximum Gasteiger partial charge on any atom is 0.448 e. The molecular weight excluding hydrogens is 251 g/mol. The third kappa shape index (κ3) is 2.36. The molecule has 0 aromatic heterocycles. The number of amides is 1. The Morgan fingerprint density at radius 2 is 1.94 bits per heavy atom. The molecule has 0 aliphatic carbocycles. The zero-order valence-electron chi connectivity index (χ0n) is 8.86. The molecule has 3 N–H and O–H groups in total. The van der Waals surface area contributed by atoms with Gasteiger partial charge in [-0.15, -0.1) is 0 Å². The molecule has 0 bridgehead atoms. The molecule has 0 saturated carbocycles. The molecule has 0 spiro atoms. The van der Waals surface area contributed by atoms with Gasteiger partial charge in [-0.2, -0.15) is 13.2 Å². The fourth-order valence-corrected chi connectivity index (χ4v) is 1.35. The Kier molecular flexibility index (Phi) is 2.85. The van der Waals surface area contributed by atoms with Crippen molar-refractivity contribution in [3.05, 3.63) is 35.4 Å². The van der Waals surface area contributed by atoms with Crippen molar-refractivity contribution in [1.29, 1.82) is 0 Å². The second-order valence-electron chi connectivity index (χ2n) is 3.55. The van der Waals surface area contributed by atoms with Crippen LogP contribution in [-0.4, -0.2) is 24.1 Å². The molecule has 1 aromatic carbocycles. The number of nitrogens with zero attached hydrogens (tertiary/aromatic N) is 1. The highest BCUT2D eigenvalue weighted by atomic mass is 19.4. The second kappa shape index (κ2) is 4.21. The molecule has 96 valence electrons. The minimum atomic E-state index is -4.54. The molecule has 2 rings (SSSR count). The number of hydrogen-bond acceptors (Lipinski definition) is 4. The van der Waals surface area contributed by atoms with Crippen LogP contribution in [-0.2, 0) is 4.84 Å². The Morgan fingerprint density at radius 1 is 1.33 bits per heavy atom. The Balaban J connectivity index is 2.12. The van der Waals surface area contributed by atoms with Gasteiger partial charge in [-0.1, -0.05) is 17.3 Å². The number of benzene rings is 1. The van der Waals surface area contributed by atoms with E-state index in [1.54, 1.807) is 0 Å². The summed E-state index contributed by atoms with van der Waals surface area (Å²) in [4.78, 5) is 15.0. The topological polar surface area (TPSA) is 76.7 Å². The number of primary amides is 1. The van der Waals surface area contributed by atoms with Crippen molar-refractivity contribution in [3.63, 3.8) is 0 Å². The fourth-order valence-electron chi connectivity index (χ4n) is 1.35. The molecule has 0 radical (unpaired) electrons. The molecule has 1 heterocycles. The SMILES string of the molecule is NC(=O)c1ccc(C2=NOC(C(F)(F)F)N2)cc1. The fraction of sp³-hybridized carbons (Fsp3) is 0.200. The van der Waals surface area contributed by atoms with Gasteiger partial charge in [-0.25, -0.2) is 0 Å². The van der Waals surface area contributed by atoms with Crippen molar-refractivity contribution in [2.24, 2.45) is 10.9 Å². The molecule has 0 fully saturated rings. The molecule has 5 nitrogen and oxygen atoms in total. The van der Waals surface area contributed by atoms with Gasteiger partial charge in [-0.3, -0.25) is 4.79 Å². The first-order valence-corrected chi connectivity index (χ1v) is 4.85. The number of nitrogens with one attached hydrogen (secondary N) is 1. The third-order valence-electron chi connectivity index (χ3n) is 2.26. The van der Waals surface area contributed by atoms with E-state index in [0.717, 1.165) is 0 Å². The highest BCUT2D eigenvalue weighted by molar-refractivity contribution is 6.00. The number of alkyl halides is 3. The van der Waals surface area contributed by atoms with Crippen molar-refractivity contribution in [2.45, 2.75) is 12.4 Å². The van der Waals surface area contributed by atoms with E-state index in [9.17, 15) is 18.0 Å². The Bertz CT molecular complexity index is 496. The summed E-state index contributed by atoms with van der Waals surface area (Å²) in [6.45, 7) is 0. The summed E-state index contributed by atoms with van der Waals surface area (Å²) in [5.74, 6) is -0.666. The largest absolute Gasteiger partial charge is 0.448 e. The molecule has 0 saturated heterocycles. The van der Waals surface area contributed by atoms with Crippen LogP contribution in [0.2, 0.25) is 0 Å². The van der Waals surface area contributed by atoms with Crippen LogP contribution < -0.4 is 11.1 Å². The van der Waals surface area contributed by atoms with E-state index in [0.29, 0.717) is 5.56 Å². The van der Waals surface area contributed by atoms with Crippen molar-refractivity contribution in [3.8, 4) is 0 Å². The average molecular weight is 259 g/mol. The number of rotatable bonds is 2. The predicted octanol–water partition coefficient (Wildman–Crippen LogP) is 0.955. The van der Waals surface area contributed by atoms with Gasteiger partial charge in [0.1, 0.15) is 0 Å². The highest BCUT2D eigenvalue weighted by Gasteiger charge is 2.45. The molecule has 1 aromatic rings. The van der Waals surface area contributed by atoms with Crippen LogP contribution in [0.5, 0.6) is 0 Å². The highest BCUT2D eigenvalue weighted by Crippen LogP contribution is 2.24. The van der Waals surface area contributed by atoms with Crippen LogP contribution in [0.25, 0.3) is 0 Å². The summed E-state index contributed by atoms with van der Waals surface area (Å²) in [7, 11) is 0. The number of carbonyl (C=O) groups excluding carboxylic acids is 1. The van der Waals surface area contributed by atoms with E-state index in [2.05, 4.69) is 15.3 Å². The van der Waals surface area contributed by atoms with Crippen LogP contribution in [0.4, 0.5) is 13.2 Å². The summed E-state index contributed by atoms with van der Waals surface area (Å²) in [5, 5.41) is 5.38. The smallest absolute Gasteiger partial charge is 0.366 e. The summed E-state index contributed by atoms with van der Waals surface area (Å²) < 4.78 is 36.9. The molecular formula is C10H8F3N3O2. The zero-order chi connectivity index (χ0) is 13.3. The number of nitrogens with two attached hydrogens (primary N) is 1. The lowest BCUT2D eigenvalue weighted by Gasteiger charge is -2.13. The predicted molar refractivity (Wildman–Crippen MR) is 55.6 cm³/mol. The molecule has 1 unspecified atom stereocenters. The summed E-state index contributed by atoms with van der Waals surface area (Å²) in [6, 6.07) is 5.63. The lowest BCUT2D eigenvalue weighted by Crippen LogP contribution is -2.41.